The summed E-state index contributed by atoms with van der Waals surface area (Å²) in [6, 6.07) is 15.1. The number of nitrogens with one attached hydrogen (secondary N) is 1. The van der Waals surface area contributed by atoms with Crippen molar-refractivity contribution in [3.8, 4) is 5.75 Å². The van der Waals surface area contributed by atoms with E-state index in [9.17, 15) is 0 Å². The van der Waals surface area contributed by atoms with Gasteiger partial charge in [0.15, 0.2) is 0 Å². The molecule has 1 unspecified atom stereocenters. The molecule has 2 aromatic carbocycles. The Morgan fingerprint density at radius 3 is 2.33 bits per heavy atom. The van der Waals surface area contributed by atoms with Gasteiger partial charge in [0, 0.05) is 4.47 Å². The minimum Gasteiger partial charge on any atom is -0.490 e. The number of aryl methyl sites for hydroxylation is 1. The van der Waals surface area contributed by atoms with Gasteiger partial charge in [-0.15, -0.1) is 0 Å². The Labute approximate surface area is 134 Å². The van der Waals surface area contributed by atoms with Crippen LogP contribution in [0.5, 0.6) is 5.75 Å². The minimum atomic E-state index is 0.201. The Balaban J connectivity index is 1.82. The molecule has 3 heteroatoms. The Morgan fingerprint density at radius 2 is 1.76 bits per heavy atom. The maximum atomic E-state index is 5.81. The third-order valence-electron chi connectivity index (χ3n) is 3.84. The monoisotopic (exact) mass is 345 g/mol. The number of halogens is 1. The zero-order valence-corrected chi connectivity index (χ0v) is 14.0. The van der Waals surface area contributed by atoms with Gasteiger partial charge in [0.25, 0.3) is 0 Å². The molecule has 1 fully saturated rings. The summed E-state index contributed by atoms with van der Waals surface area (Å²) in [6.07, 6.45) is 2.84. The van der Waals surface area contributed by atoms with Crippen LogP contribution in [-0.4, -0.2) is 13.2 Å². The van der Waals surface area contributed by atoms with Crippen molar-refractivity contribution in [3.63, 3.8) is 0 Å². The highest BCUT2D eigenvalue weighted by Crippen LogP contribution is 2.29. The third kappa shape index (κ3) is 3.47. The largest absolute Gasteiger partial charge is 0.490 e. The second-order valence-electron chi connectivity index (χ2n) is 5.62. The summed E-state index contributed by atoms with van der Waals surface area (Å²) in [7, 11) is 2.00. The third-order valence-corrected chi connectivity index (χ3v) is 4.73. The quantitative estimate of drug-likeness (QED) is 0.854. The number of hydrogen-bond donors (Lipinski definition) is 1. The fourth-order valence-corrected chi connectivity index (χ4v) is 2.74. The molecule has 0 aromatic heterocycles. The van der Waals surface area contributed by atoms with Crippen LogP contribution >= 0.6 is 15.9 Å². The topological polar surface area (TPSA) is 21.3 Å². The molecule has 1 aliphatic rings. The zero-order valence-electron chi connectivity index (χ0n) is 12.4. The van der Waals surface area contributed by atoms with Crippen LogP contribution in [0.15, 0.2) is 46.9 Å². The van der Waals surface area contributed by atoms with E-state index in [2.05, 4.69) is 70.6 Å². The first-order valence-corrected chi connectivity index (χ1v) is 8.16. The van der Waals surface area contributed by atoms with Crippen molar-refractivity contribution in [2.24, 2.45) is 0 Å². The smallest absolute Gasteiger partial charge is 0.119 e. The molecule has 0 spiro atoms. The molecule has 21 heavy (non-hydrogen) atoms. The van der Waals surface area contributed by atoms with E-state index in [4.69, 9.17) is 4.74 Å². The molecule has 2 aromatic rings. The molecule has 0 radical (unpaired) electrons. The van der Waals surface area contributed by atoms with Gasteiger partial charge < -0.3 is 10.1 Å². The number of hydrogen-bond acceptors (Lipinski definition) is 2. The van der Waals surface area contributed by atoms with Crippen LogP contribution in [0.1, 0.15) is 35.6 Å². The lowest BCUT2D eigenvalue weighted by Crippen LogP contribution is -2.17. The predicted octanol–water partition coefficient (Wildman–Crippen LogP) is 4.61. The summed E-state index contributed by atoms with van der Waals surface area (Å²) in [4.78, 5) is 0. The fourth-order valence-electron chi connectivity index (χ4n) is 2.49. The van der Waals surface area contributed by atoms with Gasteiger partial charge in [-0.05, 0) is 61.7 Å². The molecule has 1 N–H and O–H groups in total. The van der Waals surface area contributed by atoms with Crippen molar-refractivity contribution in [2.45, 2.75) is 31.9 Å². The highest BCUT2D eigenvalue weighted by molar-refractivity contribution is 9.10. The van der Waals surface area contributed by atoms with E-state index >= 15 is 0 Å². The second-order valence-corrected chi connectivity index (χ2v) is 6.47. The second kappa shape index (κ2) is 6.20. The van der Waals surface area contributed by atoms with Crippen LogP contribution in [0.3, 0.4) is 0 Å². The SMILES string of the molecule is CNC(c1ccc(OC2CC2)cc1)c1ccc(Br)c(C)c1. The molecule has 2 nitrogen and oxygen atoms in total. The first-order chi connectivity index (χ1) is 10.2. The standard InChI is InChI=1S/C18H20BrNO/c1-12-11-14(5-10-17(12)19)18(20-2)13-3-6-15(7-4-13)21-16-8-9-16/h3-7,10-11,16,18,20H,8-9H2,1-2H3. The van der Waals surface area contributed by atoms with Crippen molar-refractivity contribution in [2.75, 3.05) is 7.05 Å². The molecular weight excluding hydrogens is 326 g/mol. The van der Waals surface area contributed by atoms with Crippen LogP contribution in [0.25, 0.3) is 0 Å². The van der Waals surface area contributed by atoms with E-state index < -0.39 is 0 Å². The van der Waals surface area contributed by atoms with Crippen LogP contribution < -0.4 is 10.1 Å². The van der Waals surface area contributed by atoms with Crippen molar-refractivity contribution >= 4 is 15.9 Å². The summed E-state index contributed by atoms with van der Waals surface area (Å²) < 4.78 is 6.96. The maximum Gasteiger partial charge on any atom is 0.119 e. The van der Waals surface area contributed by atoms with Gasteiger partial charge in [-0.2, -0.15) is 0 Å². The van der Waals surface area contributed by atoms with Crippen LogP contribution in [0, 0.1) is 6.92 Å². The number of rotatable bonds is 5. The molecular formula is C18H20BrNO. The van der Waals surface area contributed by atoms with Crippen molar-refractivity contribution in [1.29, 1.82) is 0 Å². The van der Waals surface area contributed by atoms with E-state index in [0.717, 1.165) is 10.2 Å². The van der Waals surface area contributed by atoms with Gasteiger partial charge in [0.1, 0.15) is 5.75 Å². The molecule has 0 bridgehead atoms. The highest BCUT2D eigenvalue weighted by atomic mass is 79.9. The Morgan fingerprint density at radius 1 is 1.10 bits per heavy atom. The maximum absolute atomic E-state index is 5.81. The molecule has 1 aliphatic carbocycles. The molecule has 0 amide bonds. The van der Waals surface area contributed by atoms with Crippen molar-refractivity contribution in [1.82, 2.24) is 5.32 Å². The van der Waals surface area contributed by atoms with Gasteiger partial charge >= 0.3 is 0 Å². The Hall–Kier alpha value is -1.32. The first kappa shape index (κ1) is 14.6. The van der Waals surface area contributed by atoms with Gasteiger partial charge in [0.05, 0.1) is 12.1 Å². The van der Waals surface area contributed by atoms with Crippen molar-refractivity contribution in [3.05, 3.63) is 63.6 Å². The number of benzene rings is 2. The van der Waals surface area contributed by atoms with Crippen molar-refractivity contribution < 1.29 is 4.74 Å². The lowest BCUT2D eigenvalue weighted by atomic mass is 9.97. The average Bonchev–Trinajstić information content (AvgIpc) is 3.29. The first-order valence-electron chi connectivity index (χ1n) is 7.37. The molecule has 3 rings (SSSR count). The van der Waals surface area contributed by atoms with Gasteiger partial charge in [-0.1, -0.05) is 40.2 Å². The average molecular weight is 346 g/mol. The lowest BCUT2D eigenvalue weighted by Gasteiger charge is -2.18. The predicted molar refractivity (Wildman–Crippen MR) is 89.9 cm³/mol. The summed E-state index contributed by atoms with van der Waals surface area (Å²) in [5.74, 6) is 0.975. The van der Waals surface area contributed by atoms with E-state index in [0.29, 0.717) is 6.10 Å². The molecule has 110 valence electrons. The summed E-state index contributed by atoms with van der Waals surface area (Å²) in [5, 5.41) is 3.40. The van der Waals surface area contributed by atoms with E-state index in [-0.39, 0.29) is 6.04 Å². The summed E-state index contributed by atoms with van der Waals surface area (Å²) >= 11 is 3.56. The molecule has 1 saturated carbocycles. The van der Waals surface area contributed by atoms with Gasteiger partial charge in [-0.3, -0.25) is 0 Å². The summed E-state index contributed by atoms with van der Waals surface area (Å²) in [6.45, 7) is 2.12. The molecule has 0 heterocycles. The molecule has 0 saturated heterocycles. The molecule has 0 aliphatic heterocycles. The normalized spacial score (nSPS) is 15.8. The zero-order chi connectivity index (χ0) is 14.8. The summed E-state index contributed by atoms with van der Waals surface area (Å²) in [5.41, 5.74) is 3.78. The van der Waals surface area contributed by atoms with Gasteiger partial charge in [0.2, 0.25) is 0 Å². The lowest BCUT2D eigenvalue weighted by molar-refractivity contribution is 0.303. The van der Waals surface area contributed by atoms with Crippen LogP contribution in [-0.2, 0) is 0 Å². The minimum absolute atomic E-state index is 0.201. The van der Waals surface area contributed by atoms with Gasteiger partial charge in [-0.25, -0.2) is 0 Å². The van der Waals surface area contributed by atoms with Crippen LogP contribution in [0.4, 0.5) is 0 Å². The fraction of sp³-hybridized carbons (Fsp3) is 0.333. The van der Waals surface area contributed by atoms with E-state index in [1.54, 1.807) is 0 Å². The van der Waals surface area contributed by atoms with E-state index in [1.165, 1.54) is 29.5 Å². The highest BCUT2D eigenvalue weighted by Gasteiger charge is 2.23. The Bertz CT molecular complexity index is 620. The van der Waals surface area contributed by atoms with Crippen LogP contribution in [0.2, 0.25) is 0 Å². The Kier molecular flexibility index (Phi) is 4.32. The molecule has 1 atom stereocenters. The number of ether oxygens (including phenoxy) is 1. The van der Waals surface area contributed by atoms with E-state index in [1.807, 2.05) is 7.05 Å².